The molecule has 1 aromatic heterocycles. The minimum absolute atomic E-state index is 0.0307. The molecule has 0 bridgehead atoms. The zero-order valence-corrected chi connectivity index (χ0v) is 20.1. The third-order valence-electron chi connectivity index (χ3n) is 6.16. The first-order valence-corrected chi connectivity index (χ1v) is 13.4. The van der Waals surface area contributed by atoms with Crippen LogP contribution in [0.2, 0.25) is 0 Å². The maximum absolute atomic E-state index is 13.4. The number of aromatic nitrogens is 2. The van der Waals surface area contributed by atoms with Gasteiger partial charge in [-0.3, -0.25) is 4.79 Å². The Hall–Kier alpha value is -3.71. The van der Waals surface area contributed by atoms with Crippen molar-refractivity contribution >= 4 is 15.7 Å². The van der Waals surface area contributed by atoms with E-state index in [-0.39, 0.29) is 22.9 Å². The highest BCUT2D eigenvalue weighted by molar-refractivity contribution is 7.90. The van der Waals surface area contributed by atoms with Gasteiger partial charge in [-0.25, -0.2) is 13.4 Å². The van der Waals surface area contributed by atoms with E-state index in [4.69, 9.17) is 0 Å². The lowest BCUT2D eigenvalue weighted by molar-refractivity contribution is 0.0725. The molecule has 1 aliphatic carbocycles. The van der Waals surface area contributed by atoms with Crippen molar-refractivity contribution in [2.24, 2.45) is 0 Å². The Labute approximate surface area is 205 Å². The fraction of sp³-hybridized carbons (Fsp3) is 0.214. The number of nitrogens with zero attached hydrogens (tertiary/aromatic N) is 3. The summed E-state index contributed by atoms with van der Waals surface area (Å²) < 4.78 is 28.7. The average molecular weight is 486 g/mol. The van der Waals surface area contributed by atoms with Gasteiger partial charge in [0.25, 0.3) is 5.91 Å². The van der Waals surface area contributed by atoms with Gasteiger partial charge in [0.2, 0.25) is 15.0 Å². The van der Waals surface area contributed by atoms with E-state index >= 15 is 0 Å². The molecule has 178 valence electrons. The zero-order valence-electron chi connectivity index (χ0n) is 19.3. The van der Waals surface area contributed by atoms with Crippen molar-refractivity contribution in [3.63, 3.8) is 0 Å². The van der Waals surface area contributed by atoms with Crippen molar-refractivity contribution in [1.82, 2.24) is 14.5 Å². The van der Waals surface area contributed by atoms with Crippen LogP contribution in [0.1, 0.15) is 40.0 Å². The molecule has 1 saturated carbocycles. The Kier molecular flexibility index (Phi) is 6.51. The van der Waals surface area contributed by atoms with Crippen LogP contribution in [0.3, 0.4) is 0 Å². The number of carbonyl (C=O) groups is 1. The van der Waals surface area contributed by atoms with Crippen LogP contribution in [0, 0.1) is 0 Å². The van der Waals surface area contributed by atoms with Gasteiger partial charge in [-0.1, -0.05) is 78.9 Å². The first-order chi connectivity index (χ1) is 17.0. The molecule has 6 nitrogen and oxygen atoms in total. The Bertz CT molecular complexity index is 1400. The number of carbonyl (C=O) groups excluding carboxylic acids is 1. The SMILES string of the molecule is O=C(c1ccccc1)N(Cc1cnc(S(=O)(=O)Cc2ccccc2)n1Cc1ccccc1)C1CC1. The fourth-order valence-electron chi connectivity index (χ4n) is 4.23. The minimum Gasteiger partial charge on any atom is -0.330 e. The highest BCUT2D eigenvalue weighted by atomic mass is 32.2. The van der Waals surface area contributed by atoms with Gasteiger partial charge in [0.1, 0.15) is 0 Å². The second kappa shape index (κ2) is 9.88. The van der Waals surface area contributed by atoms with E-state index in [0.29, 0.717) is 29.9 Å². The van der Waals surface area contributed by atoms with Gasteiger partial charge >= 0.3 is 0 Å². The molecule has 0 N–H and O–H groups in total. The Morgan fingerprint density at radius 2 is 1.43 bits per heavy atom. The van der Waals surface area contributed by atoms with E-state index in [9.17, 15) is 13.2 Å². The van der Waals surface area contributed by atoms with E-state index in [0.717, 1.165) is 18.4 Å². The van der Waals surface area contributed by atoms with E-state index in [2.05, 4.69) is 4.98 Å². The molecule has 35 heavy (non-hydrogen) atoms. The highest BCUT2D eigenvalue weighted by Gasteiger charge is 2.34. The highest BCUT2D eigenvalue weighted by Crippen LogP contribution is 2.31. The summed E-state index contributed by atoms with van der Waals surface area (Å²) in [6.07, 6.45) is 3.50. The standard InChI is InChI=1S/C28H27N3O3S/c32-27(24-14-8-3-9-15-24)30(25-16-17-25)20-26-18-29-28(31(26)19-22-10-4-1-5-11-22)35(33,34)21-23-12-6-2-7-13-23/h1-15,18,25H,16-17,19-21H2. The molecular formula is C28H27N3O3S. The summed E-state index contributed by atoms with van der Waals surface area (Å²) in [6.45, 7) is 0.663. The molecule has 1 heterocycles. The van der Waals surface area contributed by atoms with Gasteiger partial charge in [0.05, 0.1) is 30.7 Å². The Balaban J connectivity index is 1.50. The van der Waals surface area contributed by atoms with Gasteiger partial charge in [0, 0.05) is 11.6 Å². The molecule has 3 aromatic carbocycles. The predicted octanol–water partition coefficient (Wildman–Crippen LogP) is 4.71. The fourth-order valence-corrected chi connectivity index (χ4v) is 5.72. The van der Waals surface area contributed by atoms with Crippen LogP contribution in [-0.4, -0.2) is 34.8 Å². The lowest BCUT2D eigenvalue weighted by atomic mass is 10.2. The topological polar surface area (TPSA) is 72.3 Å². The lowest BCUT2D eigenvalue weighted by Gasteiger charge is -2.23. The molecule has 0 atom stereocenters. The van der Waals surface area contributed by atoms with Crippen LogP contribution in [0.5, 0.6) is 0 Å². The van der Waals surface area contributed by atoms with Gasteiger partial charge in [-0.2, -0.15) is 0 Å². The average Bonchev–Trinajstić information content (AvgIpc) is 3.64. The van der Waals surface area contributed by atoms with Crippen molar-refractivity contribution in [1.29, 1.82) is 0 Å². The number of sulfone groups is 1. The zero-order chi connectivity index (χ0) is 24.3. The summed E-state index contributed by atoms with van der Waals surface area (Å²) in [4.78, 5) is 19.6. The molecule has 0 aliphatic heterocycles. The van der Waals surface area contributed by atoms with E-state index in [1.165, 1.54) is 0 Å². The number of benzene rings is 3. The third kappa shape index (κ3) is 5.35. The van der Waals surface area contributed by atoms with Crippen molar-refractivity contribution in [3.8, 4) is 0 Å². The molecule has 1 aliphatic rings. The molecule has 4 aromatic rings. The van der Waals surface area contributed by atoms with Crippen LogP contribution in [0.15, 0.2) is 102 Å². The Morgan fingerprint density at radius 1 is 0.857 bits per heavy atom. The van der Waals surface area contributed by atoms with Gasteiger partial charge in [-0.05, 0) is 36.1 Å². The van der Waals surface area contributed by atoms with E-state index in [1.54, 1.807) is 22.9 Å². The first kappa shape index (κ1) is 23.1. The van der Waals surface area contributed by atoms with E-state index in [1.807, 2.05) is 83.8 Å². The van der Waals surface area contributed by atoms with Crippen LogP contribution in [0.4, 0.5) is 0 Å². The van der Waals surface area contributed by atoms with Crippen LogP contribution < -0.4 is 0 Å². The van der Waals surface area contributed by atoms with Crippen molar-refractivity contribution < 1.29 is 13.2 Å². The minimum atomic E-state index is -3.71. The van der Waals surface area contributed by atoms with Crippen LogP contribution in [0.25, 0.3) is 0 Å². The van der Waals surface area contributed by atoms with Gasteiger partial charge < -0.3 is 9.47 Å². The molecular weight excluding hydrogens is 458 g/mol. The summed E-state index contributed by atoms with van der Waals surface area (Å²) >= 11 is 0. The molecule has 0 radical (unpaired) electrons. The summed E-state index contributed by atoms with van der Waals surface area (Å²) in [6, 6.07) is 28.2. The monoisotopic (exact) mass is 485 g/mol. The van der Waals surface area contributed by atoms with Gasteiger partial charge in [-0.15, -0.1) is 0 Å². The molecule has 0 spiro atoms. The number of hydrogen-bond acceptors (Lipinski definition) is 4. The van der Waals surface area contributed by atoms with E-state index < -0.39 is 9.84 Å². The Morgan fingerprint density at radius 3 is 2.03 bits per heavy atom. The molecule has 1 fully saturated rings. The molecule has 1 amide bonds. The predicted molar refractivity (Wildman–Crippen MR) is 134 cm³/mol. The van der Waals surface area contributed by atoms with Crippen molar-refractivity contribution in [2.45, 2.75) is 42.9 Å². The van der Waals surface area contributed by atoms with Gasteiger partial charge in [0.15, 0.2) is 0 Å². The molecule has 0 unspecified atom stereocenters. The third-order valence-corrected chi connectivity index (χ3v) is 7.76. The number of hydrogen-bond donors (Lipinski definition) is 0. The largest absolute Gasteiger partial charge is 0.330 e. The van der Waals surface area contributed by atoms with Crippen LogP contribution >= 0.6 is 0 Å². The quantitative estimate of drug-likeness (QED) is 0.344. The second-order valence-electron chi connectivity index (χ2n) is 8.88. The molecule has 0 saturated heterocycles. The summed E-state index contributed by atoms with van der Waals surface area (Å²) in [5.74, 6) is -0.178. The normalized spacial score (nSPS) is 13.5. The second-order valence-corrected chi connectivity index (χ2v) is 10.8. The van der Waals surface area contributed by atoms with Crippen molar-refractivity contribution in [3.05, 3.63) is 120 Å². The summed E-state index contributed by atoms with van der Waals surface area (Å²) in [5.41, 5.74) is 3.01. The van der Waals surface area contributed by atoms with Crippen molar-refractivity contribution in [2.75, 3.05) is 0 Å². The number of imidazole rings is 1. The number of rotatable bonds is 9. The molecule has 7 heteroatoms. The molecule has 5 rings (SSSR count). The maximum Gasteiger partial charge on any atom is 0.254 e. The smallest absolute Gasteiger partial charge is 0.254 e. The summed E-state index contributed by atoms with van der Waals surface area (Å²) in [7, 11) is -3.71. The lowest BCUT2D eigenvalue weighted by Crippen LogP contribution is -2.33. The van der Waals surface area contributed by atoms with Crippen LogP contribution in [-0.2, 0) is 28.7 Å². The number of amides is 1. The maximum atomic E-state index is 13.4. The first-order valence-electron chi connectivity index (χ1n) is 11.7. The summed E-state index contributed by atoms with van der Waals surface area (Å²) in [5, 5.41) is 0.0307.